The first kappa shape index (κ1) is 12.4. The Morgan fingerprint density at radius 1 is 1.35 bits per heavy atom. The first-order chi connectivity index (χ1) is 8.38. The van der Waals surface area contributed by atoms with Gasteiger partial charge in [-0.05, 0) is 43.0 Å². The molecule has 17 heavy (non-hydrogen) atoms. The molecular formula is C14H19NOS. The largest absolute Gasteiger partial charge is 0.469 e. The average Bonchev–Trinajstić information content (AvgIpc) is 2.99. The molecule has 0 spiro atoms. The fourth-order valence-electron chi connectivity index (χ4n) is 2.01. The summed E-state index contributed by atoms with van der Waals surface area (Å²) in [5.41, 5.74) is 0. The summed E-state index contributed by atoms with van der Waals surface area (Å²) in [4.78, 5) is 1.45. The van der Waals surface area contributed by atoms with E-state index in [4.69, 9.17) is 4.42 Å². The molecule has 2 nitrogen and oxygen atoms in total. The van der Waals surface area contributed by atoms with Gasteiger partial charge in [0.25, 0.3) is 0 Å². The standard InChI is InChI=1S/C14H19NOS/c1-2-15-12(11-14-6-4-10-17-14)7-8-13-5-3-9-16-13/h3-6,9-10,12,15H,2,7-8,11H2,1H3. The maximum Gasteiger partial charge on any atom is 0.103 e. The van der Waals surface area contributed by atoms with Gasteiger partial charge in [-0.25, -0.2) is 0 Å². The van der Waals surface area contributed by atoms with Gasteiger partial charge in [-0.1, -0.05) is 13.0 Å². The second-order valence-corrected chi connectivity index (χ2v) is 5.19. The lowest BCUT2D eigenvalue weighted by atomic mass is 10.1. The van der Waals surface area contributed by atoms with Crippen molar-refractivity contribution >= 4 is 11.3 Å². The Bertz CT molecular complexity index is 394. The Morgan fingerprint density at radius 3 is 2.94 bits per heavy atom. The van der Waals surface area contributed by atoms with Crippen molar-refractivity contribution in [2.45, 2.75) is 32.2 Å². The summed E-state index contributed by atoms with van der Waals surface area (Å²) in [6.07, 6.45) is 5.00. The third-order valence-electron chi connectivity index (χ3n) is 2.84. The molecule has 0 radical (unpaired) electrons. The Balaban J connectivity index is 1.84. The molecule has 0 aliphatic rings. The number of furan rings is 1. The van der Waals surface area contributed by atoms with Crippen molar-refractivity contribution < 1.29 is 4.42 Å². The van der Waals surface area contributed by atoms with E-state index in [0.29, 0.717) is 6.04 Å². The van der Waals surface area contributed by atoms with E-state index in [1.165, 1.54) is 4.88 Å². The van der Waals surface area contributed by atoms with Crippen molar-refractivity contribution in [3.8, 4) is 0 Å². The van der Waals surface area contributed by atoms with Crippen molar-refractivity contribution in [2.24, 2.45) is 0 Å². The number of likely N-dealkylation sites (N-methyl/N-ethyl adjacent to an activating group) is 1. The van der Waals surface area contributed by atoms with Gasteiger partial charge in [0.05, 0.1) is 6.26 Å². The Kier molecular flexibility index (Phi) is 4.83. The SMILES string of the molecule is CCNC(CCc1ccco1)Cc1cccs1. The number of hydrogen-bond acceptors (Lipinski definition) is 3. The van der Waals surface area contributed by atoms with Gasteiger partial charge in [-0.2, -0.15) is 0 Å². The number of aryl methyl sites for hydroxylation is 1. The van der Waals surface area contributed by atoms with E-state index in [1.54, 1.807) is 6.26 Å². The normalized spacial score (nSPS) is 12.8. The Morgan fingerprint density at radius 2 is 2.29 bits per heavy atom. The summed E-state index contributed by atoms with van der Waals surface area (Å²) in [5, 5.41) is 5.69. The fraction of sp³-hybridized carbons (Fsp3) is 0.429. The van der Waals surface area contributed by atoms with Crippen LogP contribution in [0.3, 0.4) is 0 Å². The minimum atomic E-state index is 0.545. The Hall–Kier alpha value is -1.06. The maximum absolute atomic E-state index is 5.37. The van der Waals surface area contributed by atoms with Crippen LogP contribution >= 0.6 is 11.3 Å². The molecule has 1 atom stereocenters. The number of nitrogens with one attached hydrogen (secondary N) is 1. The van der Waals surface area contributed by atoms with Gasteiger partial charge in [0.2, 0.25) is 0 Å². The zero-order valence-electron chi connectivity index (χ0n) is 10.2. The van der Waals surface area contributed by atoms with E-state index in [-0.39, 0.29) is 0 Å². The summed E-state index contributed by atoms with van der Waals surface area (Å²) < 4.78 is 5.37. The van der Waals surface area contributed by atoms with Crippen LogP contribution < -0.4 is 5.32 Å². The van der Waals surface area contributed by atoms with Gasteiger partial charge in [0.15, 0.2) is 0 Å². The zero-order chi connectivity index (χ0) is 11.9. The van der Waals surface area contributed by atoms with E-state index in [9.17, 15) is 0 Å². The van der Waals surface area contributed by atoms with Crippen LogP contribution in [0.2, 0.25) is 0 Å². The molecule has 1 N–H and O–H groups in total. The van der Waals surface area contributed by atoms with Crippen LogP contribution in [0.4, 0.5) is 0 Å². The van der Waals surface area contributed by atoms with Crippen molar-refractivity contribution in [2.75, 3.05) is 6.54 Å². The quantitative estimate of drug-likeness (QED) is 0.812. The minimum Gasteiger partial charge on any atom is -0.469 e. The maximum atomic E-state index is 5.37. The van der Waals surface area contributed by atoms with Crippen LogP contribution in [0.5, 0.6) is 0 Å². The Labute approximate surface area is 107 Å². The van der Waals surface area contributed by atoms with Crippen molar-refractivity contribution in [3.63, 3.8) is 0 Å². The molecule has 0 saturated carbocycles. The molecule has 0 saturated heterocycles. The molecule has 2 rings (SSSR count). The van der Waals surface area contributed by atoms with E-state index in [0.717, 1.165) is 31.6 Å². The van der Waals surface area contributed by atoms with Crippen LogP contribution in [0.1, 0.15) is 24.0 Å². The average molecular weight is 249 g/mol. The highest BCUT2D eigenvalue weighted by Crippen LogP contribution is 2.14. The minimum absolute atomic E-state index is 0.545. The van der Waals surface area contributed by atoms with Crippen LogP contribution in [0.15, 0.2) is 40.3 Å². The van der Waals surface area contributed by atoms with Gasteiger partial charge in [0, 0.05) is 17.3 Å². The van der Waals surface area contributed by atoms with Gasteiger partial charge < -0.3 is 9.73 Å². The van der Waals surface area contributed by atoms with Crippen LogP contribution in [-0.4, -0.2) is 12.6 Å². The summed E-state index contributed by atoms with van der Waals surface area (Å²) in [6.45, 7) is 3.18. The highest BCUT2D eigenvalue weighted by atomic mass is 32.1. The van der Waals surface area contributed by atoms with Crippen molar-refractivity contribution in [1.82, 2.24) is 5.32 Å². The number of thiophene rings is 1. The predicted octanol–water partition coefficient (Wildman–Crippen LogP) is 3.49. The highest BCUT2D eigenvalue weighted by molar-refractivity contribution is 7.09. The molecule has 0 amide bonds. The lowest BCUT2D eigenvalue weighted by molar-refractivity contribution is 0.449. The molecule has 3 heteroatoms. The molecule has 0 aliphatic carbocycles. The summed E-state index contributed by atoms with van der Waals surface area (Å²) >= 11 is 1.84. The fourth-order valence-corrected chi connectivity index (χ4v) is 2.79. The zero-order valence-corrected chi connectivity index (χ0v) is 11.0. The molecule has 92 valence electrons. The summed E-state index contributed by atoms with van der Waals surface area (Å²) in [7, 11) is 0. The molecule has 0 aliphatic heterocycles. The second-order valence-electron chi connectivity index (χ2n) is 4.16. The highest BCUT2D eigenvalue weighted by Gasteiger charge is 2.10. The molecule has 2 heterocycles. The topological polar surface area (TPSA) is 25.2 Å². The number of hydrogen-bond donors (Lipinski definition) is 1. The second kappa shape index (κ2) is 6.62. The smallest absolute Gasteiger partial charge is 0.103 e. The number of rotatable bonds is 7. The van der Waals surface area contributed by atoms with Crippen molar-refractivity contribution in [1.29, 1.82) is 0 Å². The molecular weight excluding hydrogens is 230 g/mol. The first-order valence-electron chi connectivity index (χ1n) is 6.16. The lowest BCUT2D eigenvalue weighted by Gasteiger charge is -2.16. The predicted molar refractivity (Wildman–Crippen MR) is 72.5 cm³/mol. The van der Waals surface area contributed by atoms with Gasteiger partial charge in [0.1, 0.15) is 5.76 Å². The third-order valence-corrected chi connectivity index (χ3v) is 3.74. The molecule has 0 fully saturated rings. The van der Waals surface area contributed by atoms with E-state index in [2.05, 4.69) is 29.8 Å². The molecule has 0 bridgehead atoms. The monoisotopic (exact) mass is 249 g/mol. The third kappa shape index (κ3) is 4.02. The molecule has 2 aromatic rings. The van der Waals surface area contributed by atoms with Gasteiger partial charge >= 0.3 is 0 Å². The van der Waals surface area contributed by atoms with Gasteiger partial charge in [-0.15, -0.1) is 11.3 Å². The van der Waals surface area contributed by atoms with Crippen LogP contribution in [0, 0.1) is 0 Å². The van der Waals surface area contributed by atoms with Crippen LogP contribution in [-0.2, 0) is 12.8 Å². The van der Waals surface area contributed by atoms with E-state index < -0.39 is 0 Å². The first-order valence-corrected chi connectivity index (χ1v) is 7.04. The molecule has 1 unspecified atom stereocenters. The van der Waals surface area contributed by atoms with Gasteiger partial charge in [-0.3, -0.25) is 0 Å². The van der Waals surface area contributed by atoms with Crippen LogP contribution in [0.25, 0.3) is 0 Å². The molecule has 0 aromatic carbocycles. The van der Waals surface area contributed by atoms with E-state index in [1.807, 2.05) is 23.5 Å². The summed E-state index contributed by atoms with van der Waals surface area (Å²) in [5.74, 6) is 1.08. The van der Waals surface area contributed by atoms with E-state index >= 15 is 0 Å². The lowest BCUT2D eigenvalue weighted by Crippen LogP contribution is -2.31. The van der Waals surface area contributed by atoms with Crippen molar-refractivity contribution in [3.05, 3.63) is 46.5 Å². The summed E-state index contributed by atoms with van der Waals surface area (Å²) in [6, 6.07) is 8.88. The molecule has 2 aromatic heterocycles.